The van der Waals surface area contributed by atoms with Crippen LogP contribution in [0.15, 0.2) is 54.3 Å². The van der Waals surface area contributed by atoms with Crippen molar-refractivity contribution in [2.75, 3.05) is 13.2 Å². The van der Waals surface area contributed by atoms with Crippen LogP contribution in [0.25, 0.3) is 0 Å². The smallest absolute Gasteiger partial charge is 0.303 e. The van der Waals surface area contributed by atoms with Crippen molar-refractivity contribution in [3.05, 3.63) is 54.3 Å². The van der Waals surface area contributed by atoms with Crippen LogP contribution in [0.4, 0.5) is 0 Å². The van der Waals surface area contributed by atoms with Gasteiger partial charge in [-0.1, -0.05) is 12.2 Å². The topological polar surface area (TPSA) is 116 Å². The summed E-state index contributed by atoms with van der Waals surface area (Å²) in [5, 5.41) is 40.0. The molecule has 0 aliphatic heterocycles. The highest BCUT2D eigenvalue weighted by molar-refractivity contribution is 5.66. The van der Waals surface area contributed by atoms with Crippen LogP contribution in [-0.4, -0.2) is 57.4 Å². The molecule has 32 heavy (non-hydrogen) atoms. The summed E-state index contributed by atoms with van der Waals surface area (Å²) in [4.78, 5) is 10.5. The van der Waals surface area contributed by atoms with Gasteiger partial charge in [0, 0.05) is 18.8 Å². The molecule has 5 atom stereocenters. The molecule has 0 spiro atoms. The number of hydrogen-bond acceptors (Lipinski definition) is 6. The van der Waals surface area contributed by atoms with Gasteiger partial charge in [0.15, 0.2) is 0 Å². The molecule has 1 aliphatic carbocycles. The zero-order valence-corrected chi connectivity index (χ0v) is 18.7. The Kier molecular flexibility index (Phi) is 10.0. The summed E-state index contributed by atoms with van der Waals surface area (Å²) in [5.41, 5.74) is 1.68. The van der Waals surface area contributed by atoms with Crippen LogP contribution in [0.1, 0.15) is 39.5 Å². The van der Waals surface area contributed by atoms with E-state index in [1.807, 2.05) is 6.92 Å². The van der Waals surface area contributed by atoms with Crippen LogP contribution in [0.2, 0.25) is 0 Å². The standard InChI is InChI=1S/C25H34O7/c1-3-31-18-10-12-19(13-11-18)32-17-25(2,30)15-14-21-20(22(26)16-23(21)27)8-6-4-5-7-9-24(28)29/h5-6,10-15,20-23,26-27,30H,3,7-9,16-17H2,1-2H3,(H,28,29)/t4?,20-,21-,22+,23-,25?/m1/s1. The highest BCUT2D eigenvalue weighted by Gasteiger charge is 2.39. The average Bonchev–Trinajstić information content (AvgIpc) is 3.01. The highest BCUT2D eigenvalue weighted by atomic mass is 16.5. The second kappa shape index (κ2) is 12.5. The Morgan fingerprint density at radius 2 is 1.81 bits per heavy atom. The minimum atomic E-state index is -1.26. The first-order valence-corrected chi connectivity index (χ1v) is 11.0. The van der Waals surface area contributed by atoms with E-state index in [1.165, 1.54) is 0 Å². The minimum Gasteiger partial charge on any atom is -0.494 e. The molecular formula is C25H34O7. The van der Waals surface area contributed by atoms with Gasteiger partial charge >= 0.3 is 5.97 Å². The van der Waals surface area contributed by atoms with E-state index in [4.69, 9.17) is 14.6 Å². The first kappa shape index (κ1) is 25.7. The lowest BCUT2D eigenvalue weighted by Gasteiger charge is -2.23. The van der Waals surface area contributed by atoms with Crippen LogP contribution in [0, 0.1) is 11.8 Å². The zero-order valence-electron chi connectivity index (χ0n) is 18.7. The number of aliphatic hydroxyl groups is 3. The molecule has 7 heteroatoms. The SMILES string of the molecule is CCOc1ccc(OCC(C)(O)C=C[C@@H]2[C@@H](CC=C=CCCC(=O)O)[C@@H](O)C[C@H]2O)cc1. The summed E-state index contributed by atoms with van der Waals surface area (Å²) in [6.45, 7) is 4.14. The van der Waals surface area contributed by atoms with Crippen LogP contribution >= 0.6 is 0 Å². The van der Waals surface area contributed by atoms with Crippen LogP contribution in [-0.2, 0) is 4.79 Å². The molecule has 0 bridgehead atoms. The summed E-state index contributed by atoms with van der Waals surface area (Å²) >= 11 is 0. The summed E-state index contributed by atoms with van der Waals surface area (Å²) < 4.78 is 11.1. The molecule has 1 aromatic rings. The highest BCUT2D eigenvalue weighted by Crippen LogP contribution is 2.36. The van der Waals surface area contributed by atoms with Crippen molar-refractivity contribution in [2.45, 2.75) is 57.3 Å². The van der Waals surface area contributed by atoms with Gasteiger partial charge in [-0.15, -0.1) is 5.73 Å². The van der Waals surface area contributed by atoms with Crippen molar-refractivity contribution in [1.82, 2.24) is 0 Å². The number of aliphatic hydroxyl groups excluding tert-OH is 2. The molecule has 0 saturated heterocycles. The number of allylic oxidation sites excluding steroid dienone is 1. The quantitative estimate of drug-likeness (QED) is 0.288. The van der Waals surface area contributed by atoms with Gasteiger partial charge in [-0.25, -0.2) is 0 Å². The van der Waals surface area contributed by atoms with Crippen molar-refractivity contribution < 1.29 is 34.7 Å². The fourth-order valence-corrected chi connectivity index (χ4v) is 3.67. The van der Waals surface area contributed by atoms with Crippen LogP contribution in [0.5, 0.6) is 11.5 Å². The maximum Gasteiger partial charge on any atom is 0.303 e. The van der Waals surface area contributed by atoms with Gasteiger partial charge in [-0.3, -0.25) is 4.79 Å². The predicted octanol–water partition coefficient (Wildman–Crippen LogP) is 3.10. The van der Waals surface area contributed by atoms with Crippen molar-refractivity contribution in [2.24, 2.45) is 11.8 Å². The normalized spacial score (nSPS) is 24.5. The monoisotopic (exact) mass is 446 g/mol. The Hall–Kier alpha value is -2.57. The number of hydrogen-bond donors (Lipinski definition) is 4. The molecule has 0 amide bonds. The fraction of sp³-hybridized carbons (Fsp3) is 0.520. The van der Waals surface area contributed by atoms with Crippen molar-refractivity contribution in [3.63, 3.8) is 0 Å². The van der Waals surface area contributed by atoms with E-state index < -0.39 is 23.8 Å². The molecule has 2 rings (SSSR count). The molecule has 0 aromatic heterocycles. The van der Waals surface area contributed by atoms with Gasteiger partial charge in [-0.2, -0.15) is 0 Å². The Morgan fingerprint density at radius 1 is 1.16 bits per heavy atom. The molecule has 1 unspecified atom stereocenters. The van der Waals surface area contributed by atoms with E-state index in [2.05, 4.69) is 5.73 Å². The molecule has 1 aliphatic rings. The number of rotatable bonds is 12. The number of carbonyl (C=O) groups is 1. The maximum atomic E-state index is 10.7. The van der Waals surface area contributed by atoms with Crippen LogP contribution in [0.3, 0.4) is 0 Å². The summed E-state index contributed by atoms with van der Waals surface area (Å²) in [6, 6.07) is 7.14. The van der Waals surface area contributed by atoms with Crippen molar-refractivity contribution in [1.29, 1.82) is 0 Å². The number of aliphatic carboxylic acids is 1. The summed E-state index contributed by atoms with van der Waals surface area (Å²) in [5.74, 6) is -0.0436. The molecule has 1 fully saturated rings. The van der Waals surface area contributed by atoms with Crippen molar-refractivity contribution in [3.8, 4) is 11.5 Å². The Bertz CT molecular complexity index is 806. The van der Waals surface area contributed by atoms with Gasteiger partial charge in [0.1, 0.15) is 23.7 Å². The largest absolute Gasteiger partial charge is 0.494 e. The summed E-state index contributed by atoms with van der Waals surface area (Å²) in [6.07, 6.45) is 6.57. The van der Waals surface area contributed by atoms with E-state index in [1.54, 1.807) is 55.5 Å². The van der Waals surface area contributed by atoms with Gasteiger partial charge in [0.05, 0.1) is 18.8 Å². The van der Waals surface area contributed by atoms with E-state index in [-0.39, 0.29) is 31.3 Å². The Morgan fingerprint density at radius 3 is 2.44 bits per heavy atom. The predicted molar refractivity (Wildman–Crippen MR) is 121 cm³/mol. The summed E-state index contributed by atoms with van der Waals surface area (Å²) in [7, 11) is 0. The molecule has 0 radical (unpaired) electrons. The van der Waals surface area contributed by atoms with E-state index >= 15 is 0 Å². The maximum absolute atomic E-state index is 10.7. The van der Waals surface area contributed by atoms with E-state index in [9.17, 15) is 20.1 Å². The lowest BCUT2D eigenvalue weighted by atomic mass is 9.89. The van der Waals surface area contributed by atoms with Gasteiger partial charge in [0.25, 0.3) is 0 Å². The third kappa shape index (κ3) is 8.52. The molecule has 1 aromatic carbocycles. The van der Waals surface area contributed by atoms with Gasteiger partial charge in [0.2, 0.25) is 0 Å². The van der Waals surface area contributed by atoms with E-state index in [0.717, 1.165) is 5.75 Å². The third-order valence-electron chi connectivity index (χ3n) is 5.39. The van der Waals surface area contributed by atoms with Gasteiger partial charge in [-0.05, 0) is 69.0 Å². The molecular weight excluding hydrogens is 412 g/mol. The second-order valence-corrected chi connectivity index (χ2v) is 8.26. The number of benzene rings is 1. The Labute approximate surface area is 189 Å². The fourth-order valence-electron chi connectivity index (χ4n) is 3.67. The molecule has 4 N–H and O–H groups in total. The molecule has 176 valence electrons. The Balaban J connectivity index is 1.93. The second-order valence-electron chi connectivity index (χ2n) is 8.26. The lowest BCUT2D eigenvalue weighted by molar-refractivity contribution is -0.136. The molecule has 7 nitrogen and oxygen atoms in total. The average molecular weight is 447 g/mol. The minimum absolute atomic E-state index is 0.0275. The lowest BCUT2D eigenvalue weighted by Crippen LogP contribution is -2.30. The van der Waals surface area contributed by atoms with E-state index in [0.29, 0.717) is 25.2 Å². The first-order valence-electron chi connectivity index (χ1n) is 11.0. The first-order chi connectivity index (χ1) is 15.2. The van der Waals surface area contributed by atoms with Crippen molar-refractivity contribution >= 4 is 5.97 Å². The third-order valence-corrected chi connectivity index (χ3v) is 5.39. The van der Waals surface area contributed by atoms with Crippen LogP contribution < -0.4 is 9.47 Å². The number of carboxylic acids is 1. The molecule has 0 heterocycles. The number of ether oxygens (including phenoxy) is 2. The zero-order chi connectivity index (χ0) is 23.6. The number of carboxylic acid groups (broad SMARTS) is 1. The molecule has 1 saturated carbocycles. The van der Waals surface area contributed by atoms with Gasteiger partial charge < -0.3 is 29.9 Å².